The Balaban J connectivity index is 2.65. The summed E-state index contributed by atoms with van der Waals surface area (Å²) in [6, 6.07) is 0. The SMILES string of the molecule is COCCSCCCCN. The van der Waals surface area contributed by atoms with Crippen molar-refractivity contribution in [2.24, 2.45) is 5.73 Å². The maximum absolute atomic E-state index is 5.34. The van der Waals surface area contributed by atoms with E-state index in [2.05, 4.69) is 0 Å². The van der Waals surface area contributed by atoms with Gasteiger partial charge in [0.25, 0.3) is 0 Å². The number of methoxy groups -OCH3 is 1. The molecule has 0 aromatic rings. The zero-order valence-electron chi connectivity index (χ0n) is 6.64. The van der Waals surface area contributed by atoms with E-state index < -0.39 is 0 Å². The molecule has 10 heavy (non-hydrogen) atoms. The van der Waals surface area contributed by atoms with E-state index in [1.807, 2.05) is 11.8 Å². The first-order chi connectivity index (χ1) is 4.91. The molecule has 0 aliphatic carbocycles. The number of thioether (sulfide) groups is 1. The Hall–Kier alpha value is 0.270. The van der Waals surface area contributed by atoms with Crippen LogP contribution in [0.4, 0.5) is 0 Å². The molecule has 0 bridgehead atoms. The average molecular weight is 163 g/mol. The van der Waals surface area contributed by atoms with Crippen LogP contribution < -0.4 is 5.73 Å². The second kappa shape index (κ2) is 9.27. The molecule has 62 valence electrons. The first kappa shape index (κ1) is 10.3. The van der Waals surface area contributed by atoms with E-state index in [9.17, 15) is 0 Å². The Morgan fingerprint density at radius 2 is 2.10 bits per heavy atom. The summed E-state index contributed by atoms with van der Waals surface area (Å²) in [6.07, 6.45) is 2.39. The normalized spacial score (nSPS) is 10.2. The van der Waals surface area contributed by atoms with E-state index in [1.54, 1.807) is 7.11 Å². The number of nitrogens with two attached hydrogens (primary N) is 1. The second-order valence-corrected chi connectivity index (χ2v) is 3.33. The van der Waals surface area contributed by atoms with Crippen LogP contribution in [0.1, 0.15) is 12.8 Å². The van der Waals surface area contributed by atoms with Crippen LogP contribution in [0.5, 0.6) is 0 Å². The predicted octanol–water partition coefficient (Wildman–Crippen LogP) is 1.10. The van der Waals surface area contributed by atoms with E-state index in [1.165, 1.54) is 12.2 Å². The first-order valence-electron chi connectivity index (χ1n) is 3.68. The molecule has 0 saturated carbocycles. The summed E-state index contributed by atoms with van der Waals surface area (Å²) in [4.78, 5) is 0. The van der Waals surface area contributed by atoms with Crippen molar-refractivity contribution < 1.29 is 4.74 Å². The summed E-state index contributed by atoms with van der Waals surface area (Å²) in [7, 11) is 1.74. The molecule has 2 N–H and O–H groups in total. The Kier molecular flexibility index (Phi) is 9.52. The van der Waals surface area contributed by atoms with Crippen molar-refractivity contribution in [1.82, 2.24) is 0 Å². The molecule has 0 unspecified atom stereocenters. The monoisotopic (exact) mass is 163 g/mol. The molecule has 0 spiro atoms. The molecule has 0 aromatic carbocycles. The lowest BCUT2D eigenvalue weighted by molar-refractivity contribution is 0.218. The van der Waals surface area contributed by atoms with E-state index in [-0.39, 0.29) is 0 Å². The molecule has 3 heteroatoms. The predicted molar refractivity (Wildman–Crippen MR) is 47.5 cm³/mol. The van der Waals surface area contributed by atoms with Crippen LogP contribution in [-0.4, -0.2) is 31.8 Å². The van der Waals surface area contributed by atoms with E-state index in [4.69, 9.17) is 10.5 Å². The number of hydrogen-bond donors (Lipinski definition) is 1. The van der Waals surface area contributed by atoms with Gasteiger partial charge in [-0.25, -0.2) is 0 Å². The molecule has 0 rings (SSSR count). The smallest absolute Gasteiger partial charge is 0.0552 e. The third kappa shape index (κ3) is 8.27. The van der Waals surface area contributed by atoms with Gasteiger partial charge in [0.2, 0.25) is 0 Å². The molecular weight excluding hydrogens is 146 g/mol. The number of rotatable bonds is 7. The molecule has 0 fully saturated rings. The minimum absolute atomic E-state index is 0.824. The lowest BCUT2D eigenvalue weighted by Crippen LogP contribution is -1.99. The van der Waals surface area contributed by atoms with Crippen molar-refractivity contribution in [2.45, 2.75) is 12.8 Å². The summed E-state index contributed by atoms with van der Waals surface area (Å²) < 4.78 is 4.90. The van der Waals surface area contributed by atoms with Crippen molar-refractivity contribution in [3.63, 3.8) is 0 Å². The molecule has 0 radical (unpaired) electrons. The van der Waals surface area contributed by atoms with Crippen molar-refractivity contribution in [3.8, 4) is 0 Å². The quantitative estimate of drug-likeness (QED) is 0.571. The Morgan fingerprint density at radius 3 is 2.70 bits per heavy atom. The van der Waals surface area contributed by atoms with Gasteiger partial charge >= 0.3 is 0 Å². The minimum atomic E-state index is 0.824. The molecule has 0 amide bonds. The number of hydrogen-bond acceptors (Lipinski definition) is 3. The highest BCUT2D eigenvalue weighted by atomic mass is 32.2. The van der Waals surface area contributed by atoms with E-state index in [0.717, 1.165) is 25.3 Å². The molecule has 2 nitrogen and oxygen atoms in total. The molecular formula is C7H17NOS. The maximum Gasteiger partial charge on any atom is 0.0552 e. The average Bonchev–Trinajstić information content (AvgIpc) is 1.97. The molecule has 0 saturated heterocycles. The fraction of sp³-hybridized carbons (Fsp3) is 1.00. The van der Waals surface area contributed by atoms with Gasteiger partial charge in [0.05, 0.1) is 6.61 Å². The van der Waals surface area contributed by atoms with Crippen molar-refractivity contribution in [3.05, 3.63) is 0 Å². The Bertz CT molecular complexity index is 53.6. The molecule has 0 aromatic heterocycles. The maximum atomic E-state index is 5.34. The third-order valence-corrected chi connectivity index (χ3v) is 2.21. The van der Waals surface area contributed by atoms with Crippen LogP contribution in [0.2, 0.25) is 0 Å². The van der Waals surface area contributed by atoms with Crippen molar-refractivity contribution in [2.75, 3.05) is 31.8 Å². The van der Waals surface area contributed by atoms with Gasteiger partial charge in [0.15, 0.2) is 0 Å². The van der Waals surface area contributed by atoms with Gasteiger partial charge in [-0.2, -0.15) is 11.8 Å². The van der Waals surface area contributed by atoms with Gasteiger partial charge < -0.3 is 10.5 Å². The zero-order valence-corrected chi connectivity index (χ0v) is 7.45. The summed E-state index contributed by atoms with van der Waals surface area (Å²) in [5, 5.41) is 0. The highest BCUT2D eigenvalue weighted by molar-refractivity contribution is 7.99. The van der Waals surface area contributed by atoms with Gasteiger partial charge in [-0.05, 0) is 25.1 Å². The second-order valence-electron chi connectivity index (χ2n) is 2.10. The summed E-state index contributed by atoms with van der Waals surface area (Å²) in [5.74, 6) is 2.33. The van der Waals surface area contributed by atoms with E-state index in [0.29, 0.717) is 0 Å². The number of unbranched alkanes of at least 4 members (excludes halogenated alkanes) is 1. The highest BCUT2D eigenvalue weighted by Crippen LogP contribution is 2.02. The van der Waals surface area contributed by atoms with E-state index >= 15 is 0 Å². The number of ether oxygens (including phenoxy) is 1. The van der Waals surface area contributed by atoms with Gasteiger partial charge in [0, 0.05) is 12.9 Å². The lowest BCUT2D eigenvalue weighted by atomic mass is 10.3. The minimum Gasteiger partial charge on any atom is -0.384 e. The van der Waals surface area contributed by atoms with Crippen LogP contribution >= 0.6 is 11.8 Å². The van der Waals surface area contributed by atoms with Crippen LogP contribution in [0.15, 0.2) is 0 Å². The van der Waals surface area contributed by atoms with Crippen LogP contribution in [0.3, 0.4) is 0 Å². The van der Waals surface area contributed by atoms with Crippen molar-refractivity contribution in [1.29, 1.82) is 0 Å². The van der Waals surface area contributed by atoms with Gasteiger partial charge in [0.1, 0.15) is 0 Å². The standard InChI is InChI=1S/C7H17NOS/c1-9-5-7-10-6-3-2-4-8/h2-8H2,1H3. The fourth-order valence-electron chi connectivity index (χ4n) is 0.593. The highest BCUT2D eigenvalue weighted by Gasteiger charge is 1.87. The fourth-order valence-corrected chi connectivity index (χ4v) is 1.49. The topological polar surface area (TPSA) is 35.2 Å². The molecule has 0 heterocycles. The van der Waals surface area contributed by atoms with Gasteiger partial charge in [-0.15, -0.1) is 0 Å². The zero-order chi connectivity index (χ0) is 7.66. The van der Waals surface area contributed by atoms with Gasteiger partial charge in [-0.1, -0.05) is 0 Å². The Labute approximate surface area is 67.5 Å². The first-order valence-corrected chi connectivity index (χ1v) is 4.84. The third-order valence-electron chi connectivity index (χ3n) is 1.17. The molecule has 0 aliphatic rings. The van der Waals surface area contributed by atoms with Crippen molar-refractivity contribution >= 4 is 11.8 Å². The van der Waals surface area contributed by atoms with Crippen LogP contribution in [-0.2, 0) is 4.74 Å². The summed E-state index contributed by atoms with van der Waals surface area (Å²) in [6.45, 7) is 1.69. The summed E-state index contributed by atoms with van der Waals surface area (Å²) in [5.41, 5.74) is 5.34. The molecule has 0 aliphatic heterocycles. The van der Waals surface area contributed by atoms with Crippen LogP contribution in [0.25, 0.3) is 0 Å². The molecule has 0 atom stereocenters. The van der Waals surface area contributed by atoms with Crippen LogP contribution in [0, 0.1) is 0 Å². The lowest BCUT2D eigenvalue weighted by Gasteiger charge is -1.98. The largest absolute Gasteiger partial charge is 0.384 e. The van der Waals surface area contributed by atoms with Gasteiger partial charge in [-0.3, -0.25) is 0 Å². The Morgan fingerprint density at radius 1 is 1.30 bits per heavy atom. The summed E-state index contributed by atoms with van der Waals surface area (Å²) >= 11 is 1.94.